The van der Waals surface area contributed by atoms with Crippen LogP contribution in [0.25, 0.3) is 0 Å². The van der Waals surface area contributed by atoms with E-state index in [9.17, 15) is 9.90 Å². The van der Waals surface area contributed by atoms with E-state index < -0.39 is 12.1 Å². The van der Waals surface area contributed by atoms with Crippen molar-refractivity contribution in [1.82, 2.24) is 0 Å². The molecule has 0 spiro atoms. The molecule has 0 radical (unpaired) electrons. The van der Waals surface area contributed by atoms with Crippen molar-refractivity contribution >= 4 is 17.6 Å². The summed E-state index contributed by atoms with van der Waals surface area (Å²) in [5.41, 5.74) is 1.81. The van der Waals surface area contributed by atoms with Crippen LogP contribution in [0.1, 0.15) is 11.1 Å². The third-order valence-electron chi connectivity index (χ3n) is 3.32. The molecule has 0 fully saturated rings. The highest BCUT2D eigenvalue weighted by molar-refractivity contribution is 6.30. The van der Waals surface area contributed by atoms with E-state index in [0.717, 1.165) is 11.1 Å². The maximum atomic E-state index is 11.5. The Balaban J connectivity index is 2.22. The van der Waals surface area contributed by atoms with E-state index in [1.807, 2.05) is 13.0 Å². The van der Waals surface area contributed by atoms with Crippen molar-refractivity contribution in [2.75, 3.05) is 7.11 Å². The molecule has 0 aromatic heterocycles. The van der Waals surface area contributed by atoms with Gasteiger partial charge in [0.05, 0.1) is 7.11 Å². The molecule has 4 nitrogen and oxygen atoms in total. The van der Waals surface area contributed by atoms with Crippen molar-refractivity contribution in [3.8, 4) is 11.5 Å². The molecule has 1 N–H and O–H groups in total. The molecular formula is C17H17ClO4. The van der Waals surface area contributed by atoms with Crippen LogP contribution in [0.2, 0.25) is 5.02 Å². The van der Waals surface area contributed by atoms with Crippen LogP contribution in [-0.4, -0.2) is 24.3 Å². The summed E-state index contributed by atoms with van der Waals surface area (Å²) in [4.78, 5) is 11.5. The fourth-order valence-corrected chi connectivity index (χ4v) is 2.36. The van der Waals surface area contributed by atoms with Gasteiger partial charge in [-0.15, -0.1) is 0 Å². The van der Waals surface area contributed by atoms with Gasteiger partial charge in [-0.1, -0.05) is 29.8 Å². The number of carboxylic acid groups (broad SMARTS) is 1. The summed E-state index contributed by atoms with van der Waals surface area (Å²) < 4.78 is 10.8. The Morgan fingerprint density at radius 3 is 2.50 bits per heavy atom. The number of benzene rings is 2. The van der Waals surface area contributed by atoms with Crippen molar-refractivity contribution in [3.63, 3.8) is 0 Å². The third-order valence-corrected chi connectivity index (χ3v) is 3.56. The molecular weight excluding hydrogens is 304 g/mol. The Labute approximate surface area is 134 Å². The Hall–Kier alpha value is -2.20. The lowest BCUT2D eigenvalue weighted by atomic mass is 10.0. The van der Waals surface area contributed by atoms with Crippen molar-refractivity contribution < 1.29 is 19.4 Å². The van der Waals surface area contributed by atoms with Crippen molar-refractivity contribution in [3.05, 3.63) is 58.6 Å². The molecule has 2 aromatic rings. The second-order valence-corrected chi connectivity index (χ2v) is 5.31. The van der Waals surface area contributed by atoms with E-state index in [1.165, 1.54) is 7.11 Å². The Kier molecular flexibility index (Phi) is 5.28. The number of halogens is 1. The molecule has 0 aliphatic rings. The monoisotopic (exact) mass is 320 g/mol. The highest BCUT2D eigenvalue weighted by Gasteiger charge is 2.22. The normalized spacial score (nSPS) is 11.8. The quantitative estimate of drug-likeness (QED) is 0.881. The third kappa shape index (κ3) is 3.92. The first-order valence-electron chi connectivity index (χ1n) is 6.78. The van der Waals surface area contributed by atoms with Crippen LogP contribution in [0.15, 0.2) is 42.5 Å². The predicted molar refractivity (Wildman–Crippen MR) is 84.9 cm³/mol. The van der Waals surface area contributed by atoms with Crippen LogP contribution >= 0.6 is 11.6 Å². The first-order valence-corrected chi connectivity index (χ1v) is 7.16. The molecule has 5 heteroatoms. The summed E-state index contributed by atoms with van der Waals surface area (Å²) >= 11 is 5.92. The lowest BCUT2D eigenvalue weighted by Crippen LogP contribution is -2.29. The summed E-state index contributed by atoms with van der Waals surface area (Å²) in [6.45, 7) is 1.89. The van der Waals surface area contributed by atoms with Gasteiger partial charge in [0.1, 0.15) is 0 Å². The highest BCUT2D eigenvalue weighted by Crippen LogP contribution is 2.28. The van der Waals surface area contributed by atoms with Gasteiger partial charge in [-0.25, -0.2) is 4.79 Å². The van der Waals surface area contributed by atoms with Gasteiger partial charge in [-0.3, -0.25) is 0 Å². The molecule has 0 bridgehead atoms. The van der Waals surface area contributed by atoms with E-state index in [2.05, 4.69) is 0 Å². The summed E-state index contributed by atoms with van der Waals surface area (Å²) in [7, 11) is 1.52. The summed E-state index contributed by atoms with van der Waals surface area (Å²) in [5.74, 6) is -0.120. The number of aliphatic carboxylic acids is 1. The van der Waals surface area contributed by atoms with Gasteiger partial charge >= 0.3 is 5.97 Å². The molecule has 2 aromatic carbocycles. The largest absolute Gasteiger partial charge is 0.493 e. The van der Waals surface area contributed by atoms with Gasteiger partial charge in [-0.05, 0) is 42.3 Å². The summed E-state index contributed by atoms with van der Waals surface area (Å²) in [5, 5.41) is 10.0. The minimum absolute atomic E-state index is 0.246. The number of rotatable bonds is 6. The molecule has 2 rings (SSSR count). The smallest absolute Gasteiger partial charge is 0.345 e. The minimum Gasteiger partial charge on any atom is -0.493 e. The first kappa shape index (κ1) is 16.2. The zero-order chi connectivity index (χ0) is 16.1. The number of ether oxygens (including phenoxy) is 2. The maximum Gasteiger partial charge on any atom is 0.345 e. The molecule has 0 unspecified atom stereocenters. The molecule has 22 heavy (non-hydrogen) atoms. The van der Waals surface area contributed by atoms with Crippen LogP contribution in [0.5, 0.6) is 11.5 Å². The van der Waals surface area contributed by atoms with Gasteiger partial charge in [0.15, 0.2) is 17.6 Å². The van der Waals surface area contributed by atoms with Gasteiger partial charge in [0.2, 0.25) is 0 Å². The molecule has 0 saturated heterocycles. The van der Waals surface area contributed by atoms with E-state index in [-0.39, 0.29) is 6.42 Å². The van der Waals surface area contributed by atoms with Gasteiger partial charge in [0, 0.05) is 11.4 Å². The number of hydrogen-bond acceptors (Lipinski definition) is 3. The Morgan fingerprint density at radius 1 is 1.23 bits per heavy atom. The van der Waals surface area contributed by atoms with Crippen LogP contribution in [0.3, 0.4) is 0 Å². The molecule has 1 atom stereocenters. The zero-order valence-electron chi connectivity index (χ0n) is 12.4. The Bertz CT molecular complexity index is 669. The number of carbonyl (C=O) groups is 1. The average molecular weight is 321 g/mol. The van der Waals surface area contributed by atoms with Gasteiger partial charge in [0.25, 0.3) is 0 Å². The lowest BCUT2D eigenvalue weighted by molar-refractivity contribution is -0.145. The molecule has 0 aliphatic heterocycles. The summed E-state index contributed by atoms with van der Waals surface area (Å²) in [6, 6.07) is 12.3. The lowest BCUT2D eigenvalue weighted by Gasteiger charge is -2.18. The minimum atomic E-state index is -1.03. The zero-order valence-corrected chi connectivity index (χ0v) is 13.1. The molecule has 0 saturated carbocycles. The first-order chi connectivity index (χ1) is 10.5. The van der Waals surface area contributed by atoms with E-state index >= 15 is 0 Å². The number of para-hydroxylation sites is 2. The molecule has 0 heterocycles. The summed E-state index contributed by atoms with van der Waals surface area (Å²) in [6.07, 6.45) is -0.757. The highest BCUT2D eigenvalue weighted by atomic mass is 35.5. The number of hydrogen-bond donors (Lipinski definition) is 1. The standard InChI is InChI=1S/C17H17ClO4/c1-11-9-13(18)8-7-12(11)10-16(17(19)20)22-15-6-4-3-5-14(15)21-2/h3-9,16H,10H2,1-2H3,(H,19,20)/t16-/m0/s1. The van der Waals surface area contributed by atoms with Gasteiger partial charge in [-0.2, -0.15) is 0 Å². The number of carboxylic acids is 1. The van der Waals surface area contributed by atoms with E-state index in [0.29, 0.717) is 16.5 Å². The maximum absolute atomic E-state index is 11.5. The predicted octanol–water partition coefficient (Wildman–Crippen LogP) is 3.73. The van der Waals surface area contributed by atoms with E-state index in [4.69, 9.17) is 21.1 Å². The van der Waals surface area contributed by atoms with Crippen molar-refractivity contribution in [2.45, 2.75) is 19.4 Å². The topological polar surface area (TPSA) is 55.8 Å². The molecule has 0 amide bonds. The van der Waals surface area contributed by atoms with Crippen molar-refractivity contribution in [1.29, 1.82) is 0 Å². The second kappa shape index (κ2) is 7.18. The SMILES string of the molecule is COc1ccccc1O[C@@H](Cc1ccc(Cl)cc1C)C(=O)O. The van der Waals surface area contributed by atoms with Crippen LogP contribution in [0, 0.1) is 6.92 Å². The van der Waals surface area contributed by atoms with Crippen LogP contribution < -0.4 is 9.47 Å². The molecule has 116 valence electrons. The van der Waals surface area contributed by atoms with Crippen LogP contribution in [-0.2, 0) is 11.2 Å². The van der Waals surface area contributed by atoms with Gasteiger partial charge < -0.3 is 14.6 Å². The average Bonchev–Trinajstić information content (AvgIpc) is 2.49. The molecule has 0 aliphatic carbocycles. The van der Waals surface area contributed by atoms with Crippen molar-refractivity contribution in [2.24, 2.45) is 0 Å². The van der Waals surface area contributed by atoms with Crippen LogP contribution in [0.4, 0.5) is 0 Å². The fourth-order valence-electron chi connectivity index (χ4n) is 2.14. The Morgan fingerprint density at radius 2 is 1.91 bits per heavy atom. The fraction of sp³-hybridized carbons (Fsp3) is 0.235. The van der Waals surface area contributed by atoms with E-state index in [1.54, 1.807) is 36.4 Å². The number of aryl methyl sites for hydroxylation is 1. The second-order valence-electron chi connectivity index (χ2n) is 4.87. The number of methoxy groups -OCH3 is 1.